The normalized spacial score (nSPS) is 21.3. The van der Waals surface area contributed by atoms with Crippen molar-refractivity contribution < 1.29 is 4.74 Å². The summed E-state index contributed by atoms with van der Waals surface area (Å²) >= 11 is 0. The summed E-state index contributed by atoms with van der Waals surface area (Å²) in [5.41, 5.74) is 1.38. The molecule has 7 heteroatoms. The van der Waals surface area contributed by atoms with E-state index >= 15 is 0 Å². The molecule has 2 unspecified atom stereocenters. The van der Waals surface area contributed by atoms with Gasteiger partial charge < -0.3 is 20.3 Å². The van der Waals surface area contributed by atoms with E-state index in [0.717, 1.165) is 70.7 Å². The average Bonchev–Trinajstić information content (AvgIpc) is 3.28. The highest BCUT2D eigenvalue weighted by molar-refractivity contribution is 14.0. The van der Waals surface area contributed by atoms with E-state index in [9.17, 15) is 0 Å². The molecule has 0 saturated carbocycles. The number of rotatable bonds is 9. The van der Waals surface area contributed by atoms with Crippen LogP contribution in [-0.4, -0.2) is 80.8 Å². The van der Waals surface area contributed by atoms with Gasteiger partial charge in [-0.25, -0.2) is 0 Å². The molecule has 2 atom stereocenters. The molecular formula is C25H44IN5O. The summed E-state index contributed by atoms with van der Waals surface area (Å²) in [6, 6.07) is 11.0. The number of halogens is 1. The van der Waals surface area contributed by atoms with Crippen LogP contribution in [0.1, 0.15) is 51.6 Å². The first-order valence-corrected chi connectivity index (χ1v) is 12.2. The Morgan fingerprint density at radius 1 is 1.16 bits per heavy atom. The van der Waals surface area contributed by atoms with Gasteiger partial charge in [-0.3, -0.25) is 9.89 Å². The third-order valence-corrected chi connectivity index (χ3v) is 7.18. The zero-order valence-corrected chi connectivity index (χ0v) is 22.8. The molecule has 2 fully saturated rings. The van der Waals surface area contributed by atoms with Crippen LogP contribution in [0.2, 0.25) is 0 Å². The molecule has 3 rings (SSSR count). The van der Waals surface area contributed by atoms with Crippen LogP contribution in [0.15, 0.2) is 35.3 Å². The molecule has 0 aliphatic carbocycles. The van der Waals surface area contributed by atoms with Gasteiger partial charge >= 0.3 is 0 Å². The second-order valence-corrected chi connectivity index (χ2v) is 9.18. The minimum absolute atomic E-state index is 0. The van der Waals surface area contributed by atoms with E-state index in [0.29, 0.717) is 6.04 Å². The maximum atomic E-state index is 5.49. The van der Waals surface area contributed by atoms with Crippen LogP contribution < -0.4 is 10.6 Å². The lowest BCUT2D eigenvalue weighted by atomic mass is 9.90. The fraction of sp³-hybridized carbons (Fsp3) is 0.720. The Balaban J connectivity index is 0.00000363. The highest BCUT2D eigenvalue weighted by atomic mass is 127. The van der Waals surface area contributed by atoms with E-state index in [1.807, 2.05) is 7.05 Å². The molecule has 0 aromatic heterocycles. The number of benzene rings is 1. The summed E-state index contributed by atoms with van der Waals surface area (Å²) in [5, 5.41) is 7.64. The summed E-state index contributed by atoms with van der Waals surface area (Å²) in [4.78, 5) is 9.63. The van der Waals surface area contributed by atoms with E-state index in [1.165, 1.54) is 18.5 Å². The quantitative estimate of drug-likeness (QED) is 0.275. The molecule has 6 nitrogen and oxygen atoms in total. The number of morpholine rings is 1. The summed E-state index contributed by atoms with van der Waals surface area (Å²) in [6.07, 6.45) is 3.39. The predicted molar refractivity (Wildman–Crippen MR) is 145 cm³/mol. The predicted octanol–water partition coefficient (Wildman–Crippen LogP) is 3.74. The van der Waals surface area contributed by atoms with Crippen LogP contribution in [0.25, 0.3) is 0 Å². The van der Waals surface area contributed by atoms with Crippen molar-refractivity contribution >= 4 is 29.9 Å². The van der Waals surface area contributed by atoms with E-state index < -0.39 is 0 Å². The topological polar surface area (TPSA) is 52.1 Å². The molecule has 0 spiro atoms. The molecule has 1 aromatic carbocycles. The summed E-state index contributed by atoms with van der Waals surface area (Å²) in [6.45, 7) is 15.0. The molecule has 2 heterocycles. The van der Waals surface area contributed by atoms with E-state index in [2.05, 4.69) is 76.5 Å². The van der Waals surface area contributed by atoms with Crippen molar-refractivity contribution in [3.63, 3.8) is 0 Å². The Hall–Kier alpha value is -0.900. The SMILES string of the molecule is CCC(CC)(CNC(=NC)N1CCC(CN2CCOCC2)C1)NC(C)c1ccccc1.I. The molecular weight excluding hydrogens is 513 g/mol. The minimum atomic E-state index is 0. The highest BCUT2D eigenvalue weighted by Gasteiger charge is 2.31. The van der Waals surface area contributed by atoms with Crippen LogP contribution in [0.3, 0.4) is 0 Å². The average molecular weight is 558 g/mol. The number of likely N-dealkylation sites (tertiary alicyclic amines) is 1. The first kappa shape index (κ1) is 27.3. The number of nitrogens with zero attached hydrogens (tertiary/aromatic N) is 3. The number of ether oxygens (including phenoxy) is 1. The molecule has 0 bridgehead atoms. The number of aliphatic imine (C=N–C) groups is 1. The standard InChI is InChI=1S/C25H43N5O.HI/c1-5-25(6-2,28-21(3)23-10-8-7-9-11-23)20-27-24(26-4)30-13-12-22(19-30)18-29-14-16-31-17-15-29;/h7-11,21-22,28H,5-6,12-20H2,1-4H3,(H,26,27);1H. The Labute approximate surface area is 212 Å². The monoisotopic (exact) mass is 557 g/mol. The second-order valence-electron chi connectivity index (χ2n) is 9.18. The molecule has 2 aliphatic heterocycles. The van der Waals surface area contributed by atoms with Crippen molar-refractivity contribution in [2.45, 2.75) is 51.6 Å². The number of guanidine groups is 1. The van der Waals surface area contributed by atoms with Crippen molar-refractivity contribution in [2.75, 3.05) is 59.5 Å². The van der Waals surface area contributed by atoms with Gasteiger partial charge in [0.1, 0.15) is 0 Å². The van der Waals surface area contributed by atoms with Gasteiger partial charge in [0.2, 0.25) is 0 Å². The van der Waals surface area contributed by atoms with Gasteiger partial charge in [-0.15, -0.1) is 24.0 Å². The second kappa shape index (κ2) is 13.7. The van der Waals surface area contributed by atoms with Gasteiger partial charge in [0, 0.05) is 57.9 Å². The zero-order chi connectivity index (χ0) is 22.1. The third-order valence-electron chi connectivity index (χ3n) is 7.18. The zero-order valence-electron chi connectivity index (χ0n) is 20.5. The highest BCUT2D eigenvalue weighted by Crippen LogP contribution is 2.22. The van der Waals surface area contributed by atoms with Crippen LogP contribution >= 0.6 is 24.0 Å². The van der Waals surface area contributed by atoms with Crippen molar-refractivity contribution in [1.29, 1.82) is 0 Å². The van der Waals surface area contributed by atoms with Crippen molar-refractivity contribution in [1.82, 2.24) is 20.4 Å². The number of hydrogen-bond acceptors (Lipinski definition) is 4. The molecule has 32 heavy (non-hydrogen) atoms. The van der Waals surface area contributed by atoms with Crippen molar-refractivity contribution in [3.8, 4) is 0 Å². The van der Waals surface area contributed by atoms with Gasteiger partial charge in [-0.2, -0.15) is 0 Å². The van der Waals surface area contributed by atoms with E-state index in [1.54, 1.807) is 0 Å². The van der Waals surface area contributed by atoms with Crippen LogP contribution in [0.4, 0.5) is 0 Å². The lowest BCUT2D eigenvalue weighted by Gasteiger charge is -2.37. The largest absolute Gasteiger partial charge is 0.379 e. The smallest absolute Gasteiger partial charge is 0.193 e. The maximum absolute atomic E-state index is 5.49. The molecule has 1 aromatic rings. The minimum Gasteiger partial charge on any atom is -0.379 e. The first-order chi connectivity index (χ1) is 15.1. The first-order valence-electron chi connectivity index (χ1n) is 12.2. The van der Waals surface area contributed by atoms with E-state index in [4.69, 9.17) is 4.74 Å². The molecule has 0 amide bonds. The summed E-state index contributed by atoms with van der Waals surface area (Å²) < 4.78 is 5.49. The lowest BCUT2D eigenvalue weighted by molar-refractivity contribution is 0.0315. The van der Waals surface area contributed by atoms with Crippen LogP contribution in [0.5, 0.6) is 0 Å². The van der Waals surface area contributed by atoms with Crippen molar-refractivity contribution in [2.24, 2.45) is 10.9 Å². The van der Waals surface area contributed by atoms with Gasteiger partial charge in [0.05, 0.1) is 13.2 Å². The molecule has 2 N–H and O–H groups in total. The lowest BCUT2D eigenvalue weighted by Crippen LogP contribution is -2.55. The molecule has 2 aliphatic rings. The van der Waals surface area contributed by atoms with Crippen LogP contribution in [-0.2, 0) is 4.74 Å². The molecule has 182 valence electrons. The number of hydrogen-bond donors (Lipinski definition) is 2. The van der Waals surface area contributed by atoms with Gasteiger partial charge in [-0.1, -0.05) is 44.2 Å². The van der Waals surface area contributed by atoms with Crippen molar-refractivity contribution in [3.05, 3.63) is 35.9 Å². The van der Waals surface area contributed by atoms with Crippen LogP contribution in [0, 0.1) is 5.92 Å². The summed E-state index contributed by atoms with van der Waals surface area (Å²) in [5.74, 6) is 1.76. The Kier molecular flexibility index (Phi) is 11.7. The Morgan fingerprint density at radius 3 is 2.47 bits per heavy atom. The number of nitrogens with one attached hydrogen (secondary N) is 2. The summed E-state index contributed by atoms with van der Waals surface area (Å²) in [7, 11) is 1.91. The fourth-order valence-electron chi connectivity index (χ4n) is 4.94. The third kappa shape index (κ3) is 7.57. The van der Waals surface area contributed by atoms with E-state index in [-0.39, 0.29) is 29.5 Å². The molecule has 0 radical (unpaired) electrons. The Morgan fingerprint density at radius 2 is 1.84 bits per heavy atom. The van der Waals surface area contributed by atoms with Gasteiger partial charge in [0.15, 0.2) is 5.96 Å². The fourth-order valence-corrected chi connectivity index (χ4v) is 4.94. The maximum Gasteiger partial charge on any atom is 0.193 e. The van der Waals surface area contributed by atoms with Gasteiger partial charge in [0.25, 0.3) is 0 Å². The molecule has 2 saturated heterocycles. The Bertz CT molecular complexity index is 676. The van der Waals surface area contributed by atoms with Gasteiger partial charge in [-0.05, 0) is 37.7 Å².